The predicted molar refractivity (Wildman–Crippen MR) is 356 cm³/mol. The summed E-state index contributed by atoms with van der Waals surface area (Å²) < 4.78 is 0. The van der Waals surface area contributed by atoms with Crippen molar-refractivity contribution in [2.24, 2.45) is 51.0 Å². The summed E-state index contributed by atoms with van der Waals surface area (Å²) in [5.41, 5.74) is 40.6. The standard InChI is InChI=1S/C63H98N18O13S/c1-37(2)33-45(57(89)74-41(53(68)85)27-32-95-3)73-52(84)36-72-54(86)46(34-38-15-6-4-7-16-38)78-58(90)47(35-39-17-8-5-9-18-39)79-56(88)42(23-25-50(66)82)75-55(87)43(24-26-51(67)83)76-59(91)49-22-14-31-81(49)62(94)44(20-10-11-28-64)77-60(92)48-21-13-30-80(48)61(93)40(65)19-12-29-71-63(69)70/h4-9,15-18,37,40-49H,10-14,19-36,64-65H2,1-3H3,(H2,66,82)(H2,67,83)(H2,68,85)(H,72,86)(H,73,84)(H,74,89)(H,75,87)(H,76,91)(H,77,92)(H,78,90)(H,79,88)(H4,69,70,71)/t40-,41+,42+,43-,44+,45+,46-,47-,48-,49-/m1/s1. The Morgan fingerprint density at radius 3 is 1.51 bits per heavy atom. The summed E-state index contributed by atoms with van der Waals surface area (Å²) in [6, 6.07) is 4.51. The number of guanidine groups is 1. The minimum Gasteiger partial charge on any atom is -0.370 e. The van der Waals surface area contributed by atoms with Gasteiger partial charge in [-0.3, -0.25) is 67.3 Å². The van der Waals surface area contributed by atoms with E-state index >= 15 is 0 Å². The number of aliphatic imine (C=N–C) groups is 1. The van der Waals surface area contributed by atoms with Crippen molar-refractivity contribution in [3.8, 4) is 0 Å². The molecule has 0 aromatic heterocycles. The number of nitrogens with zero attached hydrogens (tertiary/aromatic N) is 3. The van der Waals surface area contributed by atoms with Crippen LogP contribution in [0.4, 0.5) is 0 Å². The molecule has 13 amide bonds. The topological polar surface area (TPSA) is 519 Å². The second-order valence-electron chi connectivity index (χ2n) is 24.1. The maximum Gasteiger partial charge on any atom is 0.245 e. The van der Waals surface area contributed by atoms with E-state index in [4.69, 9.17) is 40.1 Å². The molecule has 31 nitrogen and oxygen atoms in total. The summed E-state index contributed by atoms with van der Waals surface area (Å²) in [5.74, 6) is -9.80. The number of nitrogens with two attached hydrogens (primary N) is 7. The average molecular weight is 1350 g/mol. The van der Waals surface area contributed by atoms with E-state index in [2.05, 4.69) is 47.5 Å². The quantitative estimate of drug-likeness (QED) is 0.0173. The van der Waals surface area contributed by atoms with E-state index in [0.717, 1.165) is 0 Å². The van der Waals surface area contributed by atoms with E-state index in [1.165, 1.54) is 21.6 Å². The number of likely N-dealkylation sites (tertiary alicyclic amines) is 2. The molecule has 0 unspecified atom stereocenters. The lowest BCUT2D eigenvalue weighted by Crippen LogP contribution is -2.60. The van der Waals surface area contributed by atoms with Gasteiger partial charge in [-0.05, 0) is 119 Å². The zero-order valence-corrected chi connectivity index (χ0v) is 55.3. The summed E-state index contributed by atoms with van der Waals surface area (Å²) in [6.07, 6.45) is 3.12. The molecule has 2 fully saturated rings. The van der Waals surface area contributed by atoms with Gasteiger partial charge >= 0.3 is 0 Å². The van der Waals surface area contributed by atoms with Gasteiger partial charge in [-0.25, -0.2) is 0 Å². The van der Waals surface area contributed by atoms with Gasteiger partial charge in [0.15, 0.2) is 5.96 Å². The van der Waals surface area contributed by atoms with Crippen molar-refractivity contribution < 1.29 is 62.3 Å². The van der Waals surface area contributed by atoms with Crippen molar-refractivity contribution in [1.82, 2.24) is 52.3 Å². The Hall–Kier alpha value is -8.91. The minimum absolute atomic E-state index is 0.0736. The number of hydrogen-bond acceptors (Lipinski definition) is 17. The molecule has 0 saturated carbocycles. The minimum atomic E-state index is -1.64. The highest BCUT2D eigenvalue weighted by Gasteiger charge is 2.42. The maximum absolute atomic E-state index is 14.7. The molecule has 22 N–H and O–H groups in total. The van der Waals surface area contributed by atoms with Gasteiger partial charge in [-0.2, -0.15) is 11.8 Å². The fraction of sp³-hybridized carbons (Fsp3) is 0.587. The molecule has 2 aromatic rings. The van der Waals surface area contributed by atoms with Crippen LogP contribution >= 0.6 is 11.8 Å². The number of carbonyl (C=O) groups excluding carboxylic acids is 13. The third-order valence-electron chi connectivity index (χ3n) is 16.0. The largest absolute Gasteiger partial charge is 0.370 e. The predicted octanol–water partition coefficient (Wildman–Crippen LogP) is -3.71. The van der Waals surface area contributed by atoms with Gasteiger partial charge in [0.1, 0.15) is 54.4 Å². The smallest absolute Gasteiger partial charge is 0.245 e. The normalized spacial score (nSPS) is 16.8. The monoisotopic (exact) mass is 1350 g/mol. The Bertz CT molecular complexity index is 2960. The summed E-state index contributed by atoms with van der Waals surface area (Å²) >= 11 is 1.45. The van der Waals surface area contributed by atoms with Gasteiger partial charge < -0.3 is 92.5 Å². The number of nitrogens with one attached hydrogen (secondary N) is 8. The SMILES string of the molecule is CSCC[C@H](NC(=O)[C@H](CC(C)C)NC(=O)CNC(=O)[C@@H](Cc1ccccc1)NC(=O)[C@@H](Cc1ccccc1)NC(=O)[C@H](CCC(N)=O)NC(=O)[C@@H](CCC(N)=O)NC(=O)[C@H]1CCCN1C(=O)[C@H](CCCCN)NC(=O)[C@H]1CCCN1C(=O)[C@H](N)CCCN=C(N)N)C(N)=O. The second kappa shape index (κ2) is 41.0. The number of unbranched alkanes of at least 4 members (excludes halogenated alkanes) is 1. The summed E-state index contributed by atoms with van der Waals surface area (Å²) in [5, 5.41) is 21.1. The number of benzene rings is 2. The Balaban J connectivity index is 1.56. The maximum atomic E-state index is 14.7. The Kier molecular flexibility index (Phi) is 33.9. The van der Waals surface area contributed by atoms with E-state index < -0.39 is 169 Å². The van der Waals surface area contributed by atoms with E-state index in [-0.39, 0.29) is 83.0 Å². The van der Waals surface area contributed by atoms with Crippen LogP contribution < -0.4 is 82.7 Å². The molecule has 2 heterocycles. The molecule has 0 radical (unpaired) electrons. The molecule has 2 saturated heterocycles. The van der Waals surface area contributed by atoms with Crippen LogP contribution in [0, 0.1) is 5.92 Å². The first-order chi connectivity index (χ1) is 45.2. The van der Waals surface area contributed by atoms with E-state index in [9.17, 15) is 62.3 Å². The molecule has 0 bridgehead atoms. The summed E-state index contributed by atoms with van der Waals surface area (Å²) in [4.78, 5) is 185. The molecule has 2 aliphatic heterocycles. The molecule has 0 spiro atoms. The van der Waals surface area contributed by atoms with Crippen molar-refractivity contribution >= 4 is 94.5 Å². The molecule has 95 heavy (non-hydrogen) atoms. The first-order valence-corrected chi connectivity index (χ1v) is 33.6. The number of hydrogen-bond donors (Lipinski definition) is 15. The molecule has 4 rings (SSSR count). The van der Waals surface area contributed by atoms with E-state index in [0.29, 0.717) is 55.4 Å². The molecule has 524 valence electrons. The highest BCUT2D eigenvalue weighted by Crippen LogP contribution is 2.24. The van der Waals surface area contributed by atoms with Crippen molar-refractivity contribution in [2.45, 2.75) is 183 Å². The highest BCUT2D eigenvalue weighted by atomic mass is 32.2. The molecule has 32 heteroatoms. The zero-order valence-electron chi connectivity index (χ0n) is 54.5. The third kappa shape index (κ3) is 27.5. The fourth-order valence-electron chi connectivity index (χ4n) is 11.0. The van der Waals surface area contributed by atoms with Crippen molar-refractivity contribution in [3.63, 3.8) is 0 Å². The number of primary amides is 3. The van der Waals surface area contributed by atoms with Gasteiger partial charge in [-0.15, -0.1) is 0 Å². The van der Waals surface area contributed by atoms with Gasteiger partial charge in [0.2, 0.25) is 76.8 Å². The lowest BCUT2D eigenvalue weighted by atomic mass is 10.0. The zero-order chi connectivity index (χ0) is 70.1. The molecular weight excluding hydrogens is 1250 g/mol. The molecule has 0 aliphatic carbocycles. The number of thioether (sulfide) groups is 1. The Morgan fingerprint density at radius 1 is 0.537 bits per heavy atom. The lowest BCUT2D eigenvalue weighted by Gasteiger charge is -2.32. The molecule has 2 aliphatic rings. The van der Waals surface area contributed by atoms with Crippen LogP contribution in [-0.2, 0) is 75.2 Å². The van der Waals surface area contributed by atoms with Crippen LogP contribution in [0.25, 0.3) is 0 Å². The second-order valence-corrected chi connectivity index (χ2v) is 25.1. The Labute approximate surface area is 558 Å². The van der Waals surface area contributed by atoms with Crippen LogP contribution in [-0.4, -0.2) is 198 Å². The van der Waals surface area contributed by atoms with E-state index in [1.807, 2.05) is 20.1 Å². The number of rotatable bonds is 42. The summed E-state index contributed by atoms with van der Waals surface area (Å²) in [7, 11) is 0. The van der Waals surface area contributed by atoms with Gasteiger partial charge in [0.25, 0.3) is 0 Å². The Morgan fingerprint density at radius 2 is 1.01 bits per heavy atom. The van der Waals surface area contributed by atoms with Crippen LogP contribution in [0.2, 0.25) is 0 Å². The van der Waals surface area contributed by atoms with Crippen molar-refractivity contribution in [1.29, 1.82) is 0 Å². The van der Waals surface area contributed by atoms with Gasteiger partial charge in [0, 0.05) is 45.3 Å². The number of carbonyl (C=O) groups is 13. The van der Waals surface area contributed by atoms with Crippen molar-refractivity contribution in [3.05, 3.63) is 71.8 Å². The third-order valence-corrected chi connectivity index (χ3v) is 16.7. The fourth-order valence-corrected chi connectivity index (χ4v) is 11.5. The van der Waals surface area contributed by atoms with Gasteiger partial charge in [-0.1, -0.05) is 74.5 Å². The average Bonchev–Trinajstić information content (AvgIpc) is 1.74. The van der Waals surface area contributed by atoms with Crippen LogP contribution in [0.3, 0.4) is 0 Å². The molecular formula is C63H98N18O13S. The first kappa shape index (κ1) is 78.5. The lowest BCUT2D eigenvalue weighted by molar-refractivity contribution is -0.144. The summed E-state index contributed by atoms with van der Waals surface area (Å²) in [6.45, 7) is 3.86. The van der Waals surface area contributed by atoms with E-state index in [1.54, 1.807) is 60.7 Å². The molecule has 2 aromatic carbocycles. The molecule has 10 atom stereocenters. The van der Waals surface area contributed by atoms with Crippen molar-refractivity contribution in [2.75, 3.05) is 44.7 Å². The van der Waals surface area contributed by atoms with Crippen LogP contribution in [0.5, 0.6) is 0 Å². The van der Waals surface area contributed by atoms with Crippen LogP contribution in [0.15, 0.2) is 65.7 Å². The van der Waals surface area contributed by atoms with Crippen LogP contribution in [0.1, 0.15) is 121 Å². The highest BCUT2D eigenvalue weighted by molar-refractivity contribution is 7.98. The van der Waals surface area contributed by atoms with Gasteiger partial charge in [0.05, 0.1) is 12.6 Å². The number of amides is 13. The first-order valence-electron chi connectivity index (χ1n) is 32.2.